The summed E-state index contributed by atoms with van der Waals surface area (Å²) in [7, 11) is -4.18. The van der Waals surface area contributed by atoms with Crippen LogP contribution in [0.4, 0.5) is 19.0 Å². The number of hydrogen-bond acceptors (Lipinski definition) is 3. The van der Waals surface area contributed by atoms with Crippen molar-refractivity contribution in [2.75, 3.05) is 4.72 Å². The van der Waals surface area contributed by atoms with E-state index >= 15 is 0 Å². The van der Waals surface area contributed by atoms with Crippen LogP contribution in [-0.2, 0) is 16.6 Å². The fourth-order valence-corrected chi connectivity index (χ4v) is 3.75. The SMILES string of the molecule is O=S(=O)(Nc1nn(Cc2ccccc2F)cc1Br)c1ccc(F)c(F)c1. The molecule has 0 aliphatic heterocycles. The van der Waals surface area contributed by atoms with E-state index in [9.17, 15) is 21.6 Å². The molecule has 136 valence electrons. The van der Waals surface area contributed by atoms with Crippen LogP contribution in [0.15, 0.2) is 58.0 Å². The van der Waals surface area contributed by atoms with Crippen LogP contribution in [0.3, 0.4) is 0 Å². The fraction of sp³-hybridized carbons (Fsp3) is 0.0625. The van der Waals surface area contributed by atoms with Gasteiger partial charge in [-0.25, -0.2) is 21.6 Å². The topological polar surface area (TPSA) is 64.0 Å². The zero-order valence-electron chi connectivity index (χ0n) is 13.0. The smallest absolute Gasteiger partial charge is 0.263 e. The number of nitrogens with one attached hydrogen (secondary N) is 1. The molecule has 3 aromatic rings. The number of nitrogens with zero attached hydrogens (tertiary/aromatic N) is 2. The highest BCUT2D eigenvalue weighted by molar-refractivity contribution is 9.10. The minimum Gasteiger partial charge on any atom is -0.265 e. The number of aromatic nitrogens is 2. The second-order valence-electron chi connectivity index (χ2n) is 5.30. The van der Waals surface area contributed by atoms with Crippen molar-refractivity contribution in [1.82, 2.24) is 9.78 Å². The summed E-state index contributed by atoms with van der Waals surface area (Å²) in [6.45, 7) is 0.0815. The summed E-state index contributed by atoms with van der Waals surface area (Å²) >= 11 is 3.16. The molecular formula is C16H11BrF3N3O2S. The third-order valence-electron chi connectivity index (χ3n) is 3.44. The number of hydrogen-bond donors (Lipinski definition) is 1. The molecule has 0 amide bonds. The highest BCUT2D eigenvalue weighted by Gasteiger charge is 2.20. The Morgan fingerprint density at radius 2 is 1.77 bits per heavy atom. The van der Waals surface area contributed by atoms with Crippen LogP contribution in [0.5, 0.6) is 0 Å². The van der Waals surface area contributed by atoms with Gasteiger partial charge >= 0.3 is 0 Å². The summed E-state index contributed by atoms with van der Waals surface area (Å²) < 4.78 is 68.4. The van der Waals surface area contributed by atoms with Crippen LogP contribution in [0, 0.1) is 17.5 Å². The van der Waals surface area contributed by atoms with Gasteiger partial charge in [-0.2, -0.15) is 5.10 Å². The third-order valence-corrected chi connectivity index (χ3v) is 5.36. The van der Waals surface area contributed by atoms with Crippen molar-refractivity contribution in [2.45, 2.75) is 11.4 Å². The van der Waals surface area contributed by atoms with E-state index in [0.29, 0.717) is 16.1 Å². The normalized spacial score (nSPS) is 11.5. The average Bonchev–Trinajstić information content (AvgIpc) is 2.91. The molecule has 1 aromatic heterocycles. The molecule has 3 rings (SSSR count). The fourth-order valence-electron chi connectivity index (χ4n) is 2.18. The number of benzene rings is 2. The molecule has 0 atom stereocenters. The van der Waals surface area contributed by atoms with Crippen LogP contribution < -0.4 is 4.72 Å². The zero-order valence-corrected chi connectivity index (χ0v) is 15.4. The molecule has 2 aromatic carbocycles. The van der Waals surface area contributed by atoms with Crippen molar-refractivity contribution in [3.63, 3.8) is 0 Å². The van der Waals surface area contributed by atoms with Gasteiger partial charge in [-0.3, -0.25) is 9.40 Å². The molecule has 5 nitrogen and oxygen atoms in total. The molecule has 26 heavy (non-hydrogen) atoms. The van der Waals surface area contributed by atoms with Gasteiger partial charge in [0.2, 0.25) is 0 Å². The maximum atomic E-state index is 13.7. The molecule has 0 saturated heterocycles. The summed E-state index contributed by atoms with van der Waals surface area (Å²) in [5.41, 5.74) is 0.373. The van der Waals surface area contributed by atoms with Crippen molar-refractivity contribution < 1.29 is 21.6 Å². The third kappa shape index (κ3) is 3.91. The first kappa shape index (κ1) is 18.5. The highest BCUT2D eigenvalue weighted by Crippen LogP contribution is 2.24. The van der Waals surface area contributed by atoms with Gasteiger partial charge in [0.15, 0.2) is 17.5 Å². The monoisotopic (exact) mass is 445 g/mol. The van der Waals surface area contributed by atoms with Crippen molar-refractivity contribution in [2.24, 2.45) is 0 Å². The van der Waals surface area contributed by atoms with Gasteiger partial charge in [0.25, 0.3) is 10.0 Å². The number of sulfonamides is 1. The second-order valence-corrected chi connectivity index (χ2v) is 7.83. The maximum Gasteiger partial charge on any atom is 0.263 e. The summed E-state index contributed by atoms with van der Waals surface area (Å²) in [6.07, 6.45) is 1.47. The van der Waals surface area contributed by atoms with E-state index < -0.39 is 32.4 Å². The minimum absolute atomic E-state index is 0.0638. The van der Waals surface area contributed by atoms with Crippen molar-refractivity contribution in [3.05, 3.63) is 76.1 Å². The van der Waals surface area contributed by atoms with Crippen LogP contribution in [0.1, 0.15) is 5.56 Å². The van der Waals surface area contributed by atoms with E-state index in [0.717, 1.165) is 12.1 Å². The second kappa shape index (κ2) is 7.12. The van der Waals surface area contributed by atoms with E-state index in [4.69, 9.17) is 0 Å². The first-order chi connectivity index (χ1) is 12.3. The summed E-state index contributed by atoms with van der Waals surface area (Å²) in [6, 6.07) is 8.34. The van der Waals surface area contributed by atoms with Gasteiger partial charge in [-0.05, 0) is 40.2 Å². The first-order valence-electron chi connectivity index (χ1n) is 7.20. The zero-order chi connectivity index (χ0) is 18.9. The van der Waals surface area contributed by atoms with Crippen LogP contribution in [0.25, 0.3) is 0 Å². The number of halogens is 4. The Bertz CT molecular complexity index is 1070. The lowest BCUT2D eigenvalue weighted by molar-refractivity contribution is 0.504. The molecule has 0 spiro atoms. The van der Waals surface area contributed by atoms with E-state index in [1.54, 1.807) is 18.2 Å². The molecule has 0 aliphatic rings. The Morgan fingerprint density at radius 3 is 2.46 bits per heavy atom. The van der Waals surface area contributed by atoms with Gasteiger partial charge in [0.1, 0.15) is 5.82 Å². The highest BCUT2D eigenvalue weighted by atomic mass is 79.9. The van der Waals surface area contributed by atoms with Gasteiger partial charge in [-0.15, -0.1) is 0 Å². The molecule has 0 bridgehead atoms. The van der Waals surface area contributed by atoms with Crippen molar-refractivity contribution in [3.8, 4) is 0 Å². The molecule has 0 radical (unpaired) electrons. The summed E-state index contributed by atoms with van der Waals surface area (Å²) in [5.74, 6) is -2.91. The van der Waals surface area contributed by atoms with Crippen molar-refractivity contribution in [1.29, 1.82) is 0 Å². The lowest BCUT2D eigenvalue weighted by Crippen LogP contribution is -2.14. The predicted octanol–water partition coefficient (Wildman–Crippen LogP) is 3.91. The van der Waals surface area contributed by atoms with Gasteiger partial charge in [0.05, 0.1) is 15.9 Å². The van der Waals surface area contributed by atoms with Crippen molar-refractivity contribution >= 4 is 31.8 Å². The summed E-state index contributed by atoms with van der Waals surface area (Å²) in [5, 5.41) is 4.04. The molecule has 1 N–H and O–H groups in total. The number of rotatable bonds is 5. The largest absolute Gasteiger partial charge is 0.265 e. The van der Waals surface area contributed by atoms with Gasteiger partial charge in [-0.1, -0.05) is 18.2 Å². The molecule has 1 heterocycles. The lowest BCUT2D eigenvalue weighted by Gasteiger charge is -2.07. The standard InChI is InChI=1S/C16H11BrF3N3O2S/c17-12-9-23(8-10-3-1-2-4-13(10)18)21-16(12)22-26(24,25)11-5-6-14(19)15(20)7-11/h1-7,9H,8H2,(H,21,22). The lowest BCUT2D eigenvalue weighted by atomic mass is 10.2. The Balaban J connectivity index is 1.85. The maximum absolute atomic E-state index is 13.7. The Hall–Kier alpha value is -2.33. The Labute approximate surface area is 155 Å². The van der Waals surface area contributed by atoms with E-state index in [2.05, 4.69) is 25.8 Å². The van der Waals surface area contributed by atoms with E-state index in [1.165, 1.54) is 16.9 Å². The minimum atomic E-state index is -4.18. The Morgan fingerprint density at radius 1 is 1.04 bits per heavy atom. The van der Waals surface area contributed by atoms with Gasteiger partial charge < -0.3 is 0 Å². The van der Waals surface area contributed by atoms with E-state index in [-0.39, 0.29) is 12.4 Å². The van der Waals surface area contributed by atoms with Gasteiger partial charge in [0, 0.05) is 11.8 Å². The molecule has 0 unspecified atom stereocenters. The van der Waals surface area contributed by atoms with Crippen LogP contribution in [-0.4, -0.2) is 18.2 Å². The molecular weight excluding hydrogens is 435 g/mol. The molecule has 0 fully saturated rings. The molecule has 10 heteroatoms. The predicted molar refractivity (Wildman–Crippen MR) is 92.6 cm³/mol. The number of anilines is 1. The van der Waals surface area contributed by atoms with Crippen LogP contribution >= 0.6 is 15.9 Å². The average molecular weight is 446 g/mol. The first-order valence-corrected chi connectivity index (χ1v) is 9.48. The Kier molecular flexibility index (Phi) is 5.05. The van der Waals surface area contributed by atoms with Crippen LogP contribution in [0.2, 0.25) is 0 Å². The molecule has 0 saturated carbocycles. The molecule has 0 aliphatic carbocycles. The quantitative estimate of drug-likeness (QED) is 0.647. The van der Waals surface area contributed by atoms with E-state index in [1.807, 2.05) is 0 Å². The summed E-state index contributed by atoms with van der Waals surface area (Å²) in [4.78, 5) is -0.452.